The van der Waals surface area contributed by atoms with E-state index < -0.39 is 18.4 Å². The number of fused-ring (bicyclic) bond motifs is 4. The molecule has 0 saturated carbocycles. The summed E-state index contributed by atoms with van der Waals surface area (Å²) in [6.07, 6.45) is 3.37. The van der Waals surface area contributed by atoms with Gasteiger partial charge in [-0.15, -0.1) is 0 Å². The molecule has 1 amide bonds. The highest BCUT2D eigenvalue weighted by atomic mass is 16.7. The smallest absolute Gasteiger partial charge is 0.339 e. The molecule has 2 aliphatic heterocycles. The Bertz CT molecular complexity index is 1780. The van der Waals surface area contributed by atoms with Crippen LogP contribution in [0.1, 0.15) is 44.0 Å². The van der Waals surface area contributed by atoms with Crippen molar-refractivity contribution in [2.45, 2.75) is 12.8 Å². The van der Waals surface area contributed by atoms with Crippen LogP contribution in [-0.4, -0.2) is 42.7 Å². The minimum absolute atomic E-state index is 0.0737. The third-order valence-corrected chi connectivity index (χ3v) is 7.15. The van der Waals surface area contributed by atoms with Gasteiger partial charge in [0, 0.05) is 10.9 Å². The van der Waals surface area contributed by atoms with Crippen LogP contribution in [0.2, 0.25) is 0 Å². The molecule has 0 saturated heterocycles. The summed E-state index contributed by atoms with van der Waals surface area (Å²) in [5, 5.41) is 3.36. The summed E-state index contributed by atoms with van der Waals surface area (Å²) in [7, 11) is 0. The Balaban J connectivity index is 1.18. The first-order chi connectivity index (χ1) is 19.5. The van der Waals surface area contributed by atoms with Crippen LogP contribution in [0.15, 0.2) is 60.7 Å². The molecule has 3 aromatic carbocycles. The van der Waals surface area contributed by atoms with Crippen molar-refractivity contribution in [1.82, 2.24) is 4.98 Å². The molecule has 7 rings (SSSR count). The SMILES string of the molecule is O=C1COc2ccc(C(=O)COC(=O)c3c4c(nc5ccccc35)/C(=C\c3ccc5c(c3)OCO5)CC4)cc2N1. The molecule has 40 heavy (non-hydrogen) atoms. The molecule has 0 atom stereocenters. The fourth-order valence-electron chi connectivity index (χ4n) is 5.26. The normalized spacial score (nSPS) is 15.8. The van der Waals surface area contributed by atoms with Gasteiger partial charge >= 0.3 is 5.97 Å². The second-order valence-corrected chi connectivity index (χ2v) is 9.66. The van der Waals surface area contributed by atoms with Gasteiger partial charge in [-0.1, -0.05) is 24.3 Å². The van der Waals surface area contributed by atoms with Gasteiger partial charge in [-0.3, -0.25) is 9.59 Å². The van der Waals surface area contributed by atoms with Gasteiger partial charge in [-0.25, -0.2) is 9.78 Å². The number of anilines is 1. The number of rotatable bonds is 5. The monoisotopic (exact) mass is 534 g/mol. The lowest BCUT2D eigenvalue weighted by molar-refractivity contribution is -0.118. The second-order valence-electron chi connectivity index (χ2n) is 9.66. The van der Waals surface area contributed by atoms with Crippen molar-refractivity contribution in [2.24, 2.45) is 0 Å². The van der Waals surface area contributed by atoms with Crippen molar-refractivity contribution in [3.8, 4) is 17.2 Å². The van der Waals surface area contributed by atoms with E-state index in [1.807, 2.05) is 48.5 Å². The average molecular weight is 535 g/mol. The number of ether oxygens (including phenoxy) is 4. The number of ketones is 1. The molecule has 1 aliphatic carbocycles. The quantitative estimate of drug-likeness (QED) is 0.286. The maximum atomic E-state index is 13.5. The third kappa shape index (κ3) is 4.21. The Morgan fingerprint density at radius 3 is 2.73 bits per heavy atom. The number of carbonyl (C=O) groups excluding carboxylic acids is 3. The number of esters is 1. The fourth-order valence-corrected chi connectivity index (χ4v) is 5.26. The van der Waals surface area contributed by atoms with Crippen LogP contribution >= 0.6 is 0 Å². The number of hydrogen-bond acceptors (Lipinski definition) is 8. The zero-order valence-corrected chi connectivity index (χ0v) is 21.2. The third-order valence-electron chi connectivity index (χ3n) is 7.15. The van der Waals surface area contributed by atoms with Crippen LogP contribution < -0.4 is 19.5 Å². The molecular formula is C31H22N2O7. The summed E-state index contributed by atoms with van der Waals surface area (Å²) in [5.41, 5.74) is 5.31. The summed E-state index contributed by atoms with van der Waals surface area (Å²) >= 11 is 0. The van der Waals surface area contributed by atoms with Crippen molar-refractivity contribution >= 4 is 45.9 Å². The van der Waals surface area contributed by atoms with E-state index in [2.05, 4.69) is 5.32 Å². The molecular weight excluding hydrogens is 512 g/mol. The summed E-state index contributed by atoms with van der Waals surface area (Å²) in [4.78, 5) is 42.9. The maximum Gasteiger partial charge on any atom is 0.339 e. The standard InChI is InChI=1S/C31H22N2O7/c34-24(18-7-10-25-23(13-18)32-28(35)15-37-25)14-38-31(36)29-20-3-1-2-4-22(20)33-30-19(6-8-21(29)30)11-17-5-9-26-27(12-17)40-16-39-26/h1-5,7,9-13H,6,8,14-16H2,(H,32,35)/b19-11-. The highest BCUT2D eigenvalue weighted by molar-refractivity contribution is 6.08. The van der Waals surface area contributed by atoms with E-state index in [1.54, 1.807) is 12.1 Å². The number of allylic oxidation sites excluding steroid dienone is 1. The molecule has 0 unspecified atom stereocenters. The molecule has 9 nitrogen and oxygen atoms in total. The number of carbonyl (C=O) groups is 3. The van der Waals surface area contributed by atoms with E-state index in [-0.39, 0.29) is 19.3 Å². The molecule has 0 bridgehead atoms. The molecule has 3 heterocycles. The van der Waals surface area contributed by atoms with E-state index >= 15 is 0 Å². The molecule has 0 radical (unpaired) electrons. The highest BCUT2D eigenvalue weighted by Crippen LogP contribution is 2.39. The van der Waals surface area contributed by atoms with Crippen LogP contribution in [0.3, 0.4) is 0 Å². The van der Waals surface area contributed by atoms with Crippen LogP contribution in [0.5, 0.6) is 17.2 Å². The number of Topliss-reactive ketones (excluding diaryl/α,β-unsaturated/α-hetero) is 1. The minimum atomic E-state index is -0.581. The van der Waals surface area contributed by atoms with Crippen LogP contribution in [0, 0.1) is 0 Å². The molecule has 4 aromatic rings. The predicted molar refractivity (Wildman–Crippen MR) is 146 cm³/mol. The Kier molecular flexibility index (Phi) is 5.70. The number of nitrogens with one attached hydrogen (secondary N) is 1. The molecule has 0 fully saturated rings. The molecule has 1 N–H and O–H groups in total. The average Bonchev–Trinajstić information content (AvgIpc) is 3.60. The minimum Gasteiger partial charge on any atom is -0.482 e. The van der Waals surface area contributed by atoms with E-state index in [0.717, 1.165) is 22.4 Å². The number of para-hydroxylation sites is 1. The second kappa shape index (κ2) is 9.53. The fraction of sp³-hybridized carbons (Fsp3) is 0.161. The molecule has 9 heteroatoms. The highest BCUT2D eigenvalue weighted by Gasteiger charge is 2.28. The number of aromatic nitrogens is 1. The van der Waals surface area contributed by atoms with Gasteiger partial charge in [0.05, 0.1) is 22.5 Å². The van der Waals surface area contributed by atoms with Crippen molar-refractivity contribution in [3.05, 3.63) is 88.6 Å². The lowest BCUT2D eigenvalue weighted by Gasteiger charge is -2.18. The lowest BCUT2D eigenvalue weighted by Crippen LogP contribution is -2.25. The lowest BCUT2D eigenvalue weighted by atomic mass is 10.0. The van der Waals surface area contributed by atoms with Crippen LogP contribution in [-0.2, 0) is 16.0 Å². The summed E-state index contributed by atoms with van der Waals surface area (Å²) in [6, 6.07) is 17.9. The first-order valence-electron chi connectivity index (χ1n) is 12.8. The van der Waals surface area contributed by atoms with E-state index in [9.17, 15) is 14.4 Å². The zero-order valence-electron chi connectivity index (χ0n) is 21.2. The van der Waals surface area contributed by atoms with Crippen LogP contribution in [0.25, 0.3) is 22.6 Å². The predicted octanol–water partition coefficient (Wildman–Crippen LogP) is 4.82. The molecule has 198 valence electrons. The van der Waals surface area contributed by atoms with Crippen molar-refractivity contribution in [1.29, 1.82) is 0 Å². The van der Waals surface area contributed by atoms with Crippen LogP contribution in [0.4, 0.5) is 5.69 Å². The van der Waals surface area contributed by atoms with Gasteiger partial charge in [-0.05, 0) is 72.0 Å². The number of hydrogen-bond donors (Lipinski definition) is 1. The Morgan fingerprint density at radius 1 is 0.950 bits per heavy atom. The van der Waals surface area contributed by atoms with E-state index in [0.29, 0.717) is 57.8 Å². The van der Waals surface area contributed by atoms with E-state index in [4.69, 9.17) is 23.9 Å². The summed E-state index contributed by atoms with van der Waals surface area (Å²) < 4.78 is 21.8. The van der Waals surface area contributed by atoms with Crippen molar-refractivity contribution in [3.63, 3.8) is 0 Å². The maximum absolute atomic E-state index is 13.5. The largest absolute Gasteiger partial charge is 0.482 e. The van der Waals surface area contributed by atoms with Gasteiger partial charge < -0.3 is 24.3 Å². The molecule has 0 spiro atoms. The van der Waals surface area contributed by atoms with Gasteiger partial charge in [0.1, 0.15) is 5.75 Å². The topological polar surface area (TPSA) is 113 Å². The molecule has 3 aliphatic rings. The first-order valence-corrected chi connectivity index (χ1v) is 12.8. The number of amides is 1. The number of nitrogens with zero attached hydrogens (tertiary/aromatic N) is 1. The Morgan fingerprint density at radius 2 is 1.80 bits per heavy atom. The zero-order chi connectivity index (χ0) is 27.2. The first kappa shape index (κ1) is 23.9. The van der Waals surface area contributed by atoms with Crippen molar-refractivity contribution in [2.75, 3.05) is 25.3 Å². The summed E-state index contributed by atoms with van der Waals surface area (Å²) in [6.45, 7) is -0.315. The van der Waals surface area contributed by atoms with Crippen molar-refractivity contribution < 1.29 is 33.3 Å². The Hall–Kier alpha value is -5.18. The molecule has 1 aromatic heterocycles. The van der Waals surface area contributed by atoms with Gasteiger partial charge in [0.25, 0.3) is 5.91 Å². The Labute approximate surface area is 228 Å². The van der Waals surface area contributed by atoms with Gasteiger partial charge in [-0.2, -0.15) is 0 Å². The van der Waals surface area contributed by atoms with Gasteiger partial charge in [0.15, 0.2) is 30.5 Å². The van der Waals surface area contributed by atoms with Gasteiger partial charge in [0.2, 0.25) is 6.79 Å². The number of pyridine rings is 1. The van der Waals surface area contributed by atoms with E-state index in [1.165, 1.54) is 6.07 Å². The number of benzene rings is 3. The summed E-state index contributed by atoms with van der Waals surface area (Å²) in [5.74, 6) is 0.620.